The van der Waals surface area contributed by atoms with Gasteiger partial charge in [-0.1, -0.05) is 26.7 Å². The maximum atomic E-state index is 7.11. The number of benzene rings is 1. The molecule has 0 unspecified atom stereocenters. The molecule has 0 heterocycles. The molecule has 0 bridgehead atoms. The Morgan fingerprint density at radius 3 is 2.33 bits per heavy atom. The van der Waals surface area contributed by atoms with Crippen molar-refractivity contribution in [2.45, 2.75) is 39.5 Å². The highest BCUT2D eigenvalue weighted by Crippen LogP contribution is 2.31. The molecule has 0 radical (unpaired) electrons. The van der Waals surface area contributed by atoms with Crippen LogP contribution >= 0.6 is 0 Å². The standard InChI is InChI=1S/C14H22N2O2/c1-3-5-9-17-12-7-8-13(16-15)14(11-12)18-10-6-4-2/h7-8,11,15H,3-6,9-10H2,1-2H3. The van der Waals surface area contributed by atoms with Crippen LogP contribution in [0.15, 0.2) is 23.3 Å². The summed E-state index contributed by atoms with van der Waals surface area (Å²) in [5, 5.41) is 3.46. The van der Waals surface area contributed by atoms with Gasteiger partial charge in [-0.15, -0.1) is 0 Å². The van der Waals surface area contributed by atoms with Crippen molar-refractivity contribution in [1.82, 2.24) is 0 Å². The Morgan fingerprint density at radius 2 is 1.72 bits per heavy atom. The molecular weight excluding hydrogens is 228 g/mol. The largest absolute Gasteiger partial charge is 0.493 e. The highest BCUT2D eigenvalue weighted by Gasteiger charge is 2.05. The topological polar surface area (TPSA) is 54.7 Å². The van der Waals surface area contributed by atoms with Crippen molar-refractivity contribution in [3.05, 3.63) is 18.2 Å². The highest BCUT2D eigenvalue weighted by molar-refractivity contribution is 5.54. The van der Waals surface area contributed by atoms with Crippen molar-refractivity contribution >= 4 is 5.69 Å². The van der Waals surface area contributed by atoms with Crippen LogP contribution in [-0.4, -0.2) is 13.2 Å². The predicted octanol–water partition coefficient (Wildman–Crippen LogP) is 4.71. The van der Waals surface area contributed by atoms with Gasteiger partial charge in [0, 0.05) is 6.07 Å². The molecule has 0 fully saturated rings. The van der Waals surface area contributed by atoms with E-state index in [1.54, 1.807) is 6.07 Å². The maximum Gasteiger partial charge on any atom is 0.150 e. The molecule has 0 aliphatic rings. The highest BCUT2D eigenvalue weighted by atomic mass is 16.5. The normalized spacial score (nSPS) is 10.1. The lowest BCUT2D eigenvalue weighted by Crippen LogP contribution is -1.99. The van der Waals surface area contributed by atoms with Gasteiger partial charge in [0.15, 0.2) is 0 Å². The van der Waals surface area contributed by atoms with Crippen molar-refractivity contribution in [1.29, 1.82) is 5.53 Å². The molecule has 18 heavy (non-hydrogen) atoms. The van der Waals surface area contributed by atoms with Crippen LogP contribution < -0.4 is 9.47 Å². The van der Waals surface area contributed by atoms with Gasteiger partial charge in [0.2, 0.25) is 0 Å². The van der Waals surface area contributed by atoms with Crippen LogP contribution in [-0.2, 0) is 0 Å². The Labute approximate surface area is 109 Å². The first-order chi connectivity index (χ1) is 8.81. The average molecular weight is 250 g/mol. The lowest BCUT2D eigenvalue weighted by molar-refractivity contribution is 0.295. The number of ether oxygens (including phenoxy) is 2. The molecule has 0 aliphatic carbocycles. The zero-order valence-electron chi connectivity index (χ0n) is 11.2. The van der Waals surface area contributed by atoms with E-state index in [4.69, 9.17) is 15.0 Å². The summed E-state index contributed by atoms with van der Waals surface area (Å²) in [4.78, 5) is 0. The quantitative estimate of drug-likeness (QED) is 0.510. The van der Waals surface area contributed by atoms with E-state index in [2.05, 4.69) is 19.0 Å². The van der Waals surface area contributed by atoms with Crippen LogP contribution in [0, 0.1) is 5.53 Å². The summed E-state index contributed by atoms with van der Waals surface area (Å²) in [7, 11) is 0. The average Bonchev–Trinajstić information content (AvgIpc) is 2.40. The molecule has 0 saturated heterocycles. The van der Waals surface area contributed by atoms with Gasteiger partial charge in [0.1, 0.15) is 17.2 Å². The molecule has 0 amide bonds. The van der Waals surface area contributed by atoms with Gasteiger partial charge in [0.05, 0.1) is 13.2 Å². The summed E-state index contributed by atoms with van der Waals surface area (Å²) in [5.74, 6) is 1.41. The van der Waals surface area contributed by atoms with Gasteiger partial charge in [-0.25, -0.2) is 5.53 Å². The molecule has 100 valence electrons. The van der Waals surface area contributed by atoms with E-state index in [0.717, 1.165) is 31.4 Å². The number of rotatable bonds is 9. The SMILES string of the molecule is CCCCOc1ccc(N=N)c(OCCCC)c1. The van der Waals surface area contributed by atoms with Crippen LogP contribution in [0.25, 0.3) is 0 Å². The Bertz CT molecular complexity index is 367. The van der Waals surface area contributed by atoms with Gasteiger partial charge in [0.25, 0.3) is 0 Å². The second-order valence-corrected chi connectivity index (χ2v) is 4.15. The number of hydrogen-bond acceptors (Lipinski definition) is 4. The monoisotopic (exact) mass is 250 g/mol. The molecule has 0 saturated carbocycles. The van der Waals surface area contributed by atoms with E-state index in [1.165, 1.54) is 0 Å². The van der Waals surface area contributed by atoms with Gasteiger partial charge < -0.3 is 9.47 Å². The van der Waals surface area contributed by atoms with E-state index >= 15 is 0 Å². The smallest absolute Gasteiger partial charge is 0.150 e. The molecule has 0 spiro atoms. The summed E-state index contributed by atoms with van der Waals surface area (Å²) in [6.45, 7) is 5.60. The van der Waals surface area contributed by atoms with Crippen molar-refractivity contribution < 1.29 is 9.47 Å². The molecular formula is C14H22N2O2. The summed E-state index contributed by atoms with van der Waals surface area (Å²) in [6, 6.07) is 5.41. The van der Waals surface area contributed by atoms with E-state index in [-0.39, 0.29) is 0 Å². The summed E-state index contributed by atoms with van der Waals surface area (Å²) in [6.07, 6.45) is 4.23. The van der Waals surface area contributed by atoms with Gasteiger partial charge in [-0.05, 0) is 25.0 Å². The molecule has 0 aliphatic heterocycles. The second kappa shape index (κ2) is 8.50. The molecule has 1 N–H and O–H groups in total. The fourth-order valence-electron chi connectivity index (χ4n) is 1.45. The van der Waals surface area contributed by atoms with E-state index < -0.39 is 0 Å². The third kappa shape index (κ3) is 4.73. The third-order valence-electron chi connectivity index (χ3n) is 2.57. The van der Waals surface area contributed by atoms with E-state index in [1.807, 2.05) is 12.1 Å². The van der Waals surface area contributed by atoms with Gasteiger partial charge in [-0.2, -0.15) is 5.11 Å². The fraction of sp³-hybridized carbons (Fsp3) is 0.571. The van der Waals surface area contributed by atoms with Crippen molar-refractivity contribution in [2.24, 2.45) is 5.11 Å². The minimum atomic E-state index is 0.550. The number of hydrogen-bond donors (Lipinski definition) is 1. The van der Waals surface area contributed by atoms with Crippen LogP contribution in [0.2, 0.25) is 0 Å². The molecule has 0 aromatic heterocycles. The lowest BCUT2D eigenvalue weighted by Gasteiger charge is -2.10. The molecule has 4 nitrogen and oxygen atoms in total. The molecule has 1 aromatic carbocycles. The Hall–Kier alpha value is -1.58. The van der Waals surface area contributed by atoms with Gasteiger partial charge >= 0.3 is 0 Å². The second-order valence-electron chi connectivity index (χ2n) is 4.15. The summed E-state index contributed by atoms with van der Waals surface area (Å²) in [5.41, 5.74) is 7.66. The maximum absolute atomic E-state index is 7.11. The number of nitrogens with zero attached hydrogens (tertiary/aromatic N) is 1. The Kier molecular flexibility index (Phi) is 6.84. The molecule has 1 aromatic rings. The van der Waals surface area contributed by atoms with Gasteiger partial charge in [-0.3, -0.25) is 0 Å². The minimum Gasteiger partial charge on any atom is -0.493 e. The van der Waals surface area contributed by atoms with Crippen LogP contribution in [0.3, 0.4) is 0 Å². The van der Waals surface area contributed by atoms with Crippen LogP contribution in [0.4, 0.5) is 5.69 Å². The fourth-order valence-corrected chi connectivity index (χ4v) is 1.45. The lowest BCUT2D eigenvalue weighted by atomic mass is 10.2. The zero-order valence-corrected chi connectivity index (χ0v) is 11.2. The molecule has 1 rings (SSSR count). The van der Waals surface area contributed by atoms with Crippen LogP contribution in [0.1, 0.15) is 39.5 Å². The predicted molar refractivity (Wildman–Crippen MR) is 72.1 cm³/mol. The molecule has 4 heteroatoms. The molecule has 0 atom stereocenters. The van der Waals surface area contributed by atoms with Crippen molar-refractivity contribution in [2.75, 3.05) is 13.2 Å². The number of nitrogens with one attached hydrogen (secondary N) is 1. The van der Waals surface area contributed by atoms with E-state index in [9.17, 15) is 0 Å². The first kappa shape index (κ1) is 14.5. The van der Waals surface area contributed by atoms with Crippen LogP contribution in [0.5, 0.6) is 11.5 Å². The van der Waals surface area contributed by atoms with E-state index in [0.29, 0.717) is 24.7 Å². The first-order valence-corrected chi connectivity index (χ1v) is 6.59. The van der Waals surface area contributed by atoms with Crippen molar-refractivity contribution in [3.63, 3.8) is 0 Å². The zero-order chi connectivity index (χ0) is 13.2. The minimum absolute atomic E-state index is 0.550. The first-order valence-electron chi connectivity index (χ1n) is 6.59. The Morgan fingerprint density at radius 1 is 1.06 bits per heavy atom. The van der Waals surface area contributed by atoms with Crippen molar-refractivity contribution in [3.8, 4) is 11.5 Å². The Balaban J connectivity index is 2.65. The third-order valence-corrected chi connectivity index (χ3v) is 2.57. The number of unbranched alkanes of at least 4 members (excludes halogenated alkanes) is 2. The summed E-state index contributed by atoms with van der Waals surface area (Å²) < 4.78 is 11.2. The summed E-state index contributed by atoms with van der Waals surface area (Å²) >= 11 is 0.